The summed E-state index contributed by atoms with van der Waals surface area (Å²) < 4.78 is 47.4. The van der Waals surface area contributed by atoms with Gasteiger partial charge in [-0.3, -0.25) is 13.9 Å². The lowest BCUT2D eigenvalue weighted by Gasteiger charge is -2.23. The predicted molar refractivity (Wildman–Crippen MR) is 119 cm³/mol. The van der Waals surface area contributed by atoms with Crippen molar-refractivity contribution in [3.63, 3.8) is 0 Å². The Morgan fingerprint density at radius 3 is 2.45 bits per heavy atom. The standard InChI is InChI=1S/C22H24FN3O6S/c1-3-5-20-24-18-12-16(8-11-19(18)25(20)13-21(27)28)26(14-22(29)32-4-2)33(30,31)17-9-6-15(23)7-10-17/h6-12H,3-5,13-14H2,1-2H3,(H,27,28). The fraction of sp³-hybridized carbons (Fsp3) is 0.318. The molecule has 0 saturated heterocycles. The maximum absolute atomic E-state index is 13.3. The summed E-state index contributed by atoms with van der Waals surface area (Å²) in [5.74, 6) is -1.82. The predicted octanol–water partition coefficient (Wildman–Crippen LogP) is 2.97. The summed E-state index contributed by atoms with van der Waals surface area (Å²) >= 11 is 0. The molecule has 0 aliphatic heterocycles. The number of halogens is 1. The number of carbonyl (C=O) groups excluding carboxylic acids is 1. The smallest absolute Gasteiger partial charge is 0.326 e. The highest BCUT2D eigenvalue weighted by atomic mass is 32.2. The van der Waals surface area contributed by atoms with Crippen molar-refractivity contribution in [1.82, 2.24) is 9.55 Å². The van der Waals surface area contributed by atoms with Gasteiger partial charge in [-0.05, 0) is 55.8 Å². The van der Waals surface area contributed by atoms with Gasteiger partial charge < -0.3 is 14.4 Å². The van der Waals surface area contributed by atoms with E-state index in [1.165, 1.54) is 12.1 Å². The summed E-state index contributed by atoms with van der Waals surface area (Å²) in [4.78, 5) is 27.8. The normalized spacial score (nSPS) is 11.5. The zero-order valence-corrected chi connectivity index (χ0v) is 19.0. The van der Waals surface area contributed by atoms with Gasteiger partial charge in [-0.15, -0.1) is 0 Å². The molecule has 1 aromatic heterocycles. The molecule has 2 aromatic carbocycles. The van der Waals surface area contributed by atoms with Crippen LogP contribution in [0.3, 0.4) is 0 Å². The van der Waals surface area contributed by atoms with E-state index in [1.807, 2.05) is 6.92 Å². The van der Waals surface area contributed by atoms with Crippen LogP contribution in [-0.2, 0) is 37.3 Å². The number of rotatable bonds is 10. The molecular weight excluding hydrogens is 453 g/mol. The first-order valence-electron chi connectivity index (χ1n) is 10.3. The van der Waals surface area contributed by atoms with E-state index in [0.717, 1.165) is 35.0 Å². The summed E-state index contributed by atoms with van der Waals surface area (Å²) in [6.45, 7) is 2.73. The first kappa shape index (κ1) is 24.2. The number of nitrogens with zero attached hydrogens (tertiary/aromatic N) is 3. The fourth-order valence-corrected chi connectivity index (χ4v) is 4.82. The quantitative estimate of drug-likeness (QED) is 0.446. The van der Waals surface area contributed by atoms with E-state index < -0.39 is 34.3 Å². The molecule has 0 atom stereocenters. The highest BCUT2D eigenvalue weighted by Gasteiger charge is 2.28. The average Bonchev–Trinajstić information content (AvgIpc) is 3.08. The molecule has 0 amide bonds. The minimum atomic E-state index is -4.25. The Balaban J connectivity index is 2.13. The third kappa shape index (κ3) is 5.30. The summed E-state index contributed by atoms with van der Waals surface area (Å²) in [7, 11) is -4.25. The summed E-state index contributed by atoms with van der Waals surface area (Å²) in [6.07, 6.45) is 1.28. The zero-order chi connectivity index (χ0) is 24.2. The number of aryl methyl sites for hydroxylation is 1. The third-order valence-corrected chi connectivity index (χ3v) is 6.63. The highest BCUT2D eigenvalue weighted by Crippen LogP contribution is 2.28. The number of aromatic nitrogens is 2. The van der Waals surface area contributed by atoms with E-state index in [9.17, 15) is 27.5 Å². The minimum absolute atomic E-state index is 0.0717. The van der Waals surface area contributed by atoms with Gasteiger partial charge in [0.15, 0.2) is 0 Å². The summed E-state index contributed by atoms with van der Waals surface area (Å²) in [5, 5.41) is 9.27. The molecule has 0 radical (unpaired) electrons. The lowest BCUT2D eigenvalue weighted by molar-refractivity contribution is -0.141. The maximum Gasteiger partial charge on any atom is 0.326 e. The zero-order valence-electron chi connectivity index (χ0n) is 18.2. The molecule has 0 fully saturated rings. The number of ether oxygens (including phenoxy) is 1. The second kappa shape index (κ2) is 9.99. The number of sulfonamides is 1. The van der Waals surface area contributed by atoms with Crippen molar-refractivity contribution >= 4 is 38.7 Å². The SMILES string of the molecule is CCCc1nc2cc(N(CC(=O)OCC)S(=O)(=O)c3ccc(F)cc3)ccc2n1CC(=O)O. The number of anilines is 1. The van der Waals surface area contributed by atoms with E-state index in [4.69, 9.17) is 4.74 Å². The van der Waals surface area contributed by atoms with Crippen LogP contribution in [0.15, 0.2) is 47.4 Å². The van der Waals surface area contributed by atoms with Crippen LogP contribution in [0.25, 0.3) is 11.0 Å². The van der Waals surface area contributed by atoms with Crippen molar-refractivity contribution in [3.05, 3.63) is 54.1 Å². The number of fused-ring (bicyclic) bond motifs is 1. The molecule has 9 nitrogen and oxygen atoms in total. The molecule has 176 valence electrons. The van der Waals surface area contributed by atoms with Crippen molar-refractivity contribution in [3.8, 4) is 0 Å². The van der Waals surface area contributed by atoms with Gasteiger partial charge in [0.2, 0.25) is 0 Å². The van der Waals surface area contributed by atoms with Gasteiger partial charge in [-0.1, -0.05) is 6.92 Å². The minimum Gasteiger partial charge on any atom is -0.480 e. The number of aliphatic carboxylic acids is 1. The molecule has 0 aliphatic rings. The van der Waals surface area contributed by atoms with E-state index in [-0.39, 0.29) is 23.7 Å². The topological polar surface area (TPSA) is 119 Å². The number of hydrogen-bond donors (Lipinski definition) is 1. The number of carboxylic acid groups (broad SMARTS) is 1. The van der Waals surface area contributed by atoms with Crippen molar-refractivity contribution in [2.24, 2.45) is 0 Å². The van der Waals surface area contributed by atoms with Crippen molar-refractivity contribution in [2.75, 3.05) is 17.5 Å². The molecule has 11 heteroatoms. The van der Waals surface area contributed by atoms with Crippen LogP contribution in [0.5, 0.6) is 0 Å². The number of imidazole rings is 1. The molecule has 33 heavy (non-hydrogen) atoms. The van der Waals surface area contributed by atoms with Gasteiger partial charge in [0.05, 0.1) is 28.2 Å². The van der Waals surface area contributed by atoms with Gasteiger partial charge in [-0.2, -0.15) is 0 Å². The van der Waals surface area contributed by atoms with Crippen LogP contribution in [0.4, 0.5) is 10.1 Å². The molecule has 1 heterocycles. The third-order valence-electron chi connectivity index (χ3n) is 4.85. The molecule has 3 rings (SSSR count). The molecular formula is C22H24FN3O6S. The number of carboxylic acids is 1. The summed E-state index contributed by atoms with van der Waals surface area (Å²) in [6, 6.07) is 8.78. The van der Waals surface area contributed by atoms with Crippen molar-refractivity contribution < 1.29 is 32.2 Å². The molecule has 0 aliphatic carbocycles. The molecule has 0 saturated carbocycles. The lowest BCUT2D eigenvalue weighted by Crippen LogP contribution is -2.36. The average molecular weight is 478 g/mol. The Hall–Kier alpha value is -3.47. The second-order valence-electron chi connectivity index (χ2n) is 7.20. The monoisotopic (exact) mass is 477 g/mol. The van der Waals surface area contributed by atoms with Gasteiger partial charge in [-0.25, -0.2) is 17.8 Å². The summed E-state index contributed by atoms with van der Waals surface area (Å²) in [5.41, 5.74) is 1.06. The Labute approximate surface area is 190 Å². The Morgan fingerprint density at radius 1 is 1.15 bits per heavy atom. The lowest BCUT2D eigenvalue weighted by atomic mass is 10.2. The number of benzene rings is 2. The van der Waals surface area contributed by atoms with Crippen LogP contribution >= 0.6 is 0 Å². The number of carbonyl (C=O) groups is 2. The van der Waals surface area contributed by atoms with E-state index in [2.05, 4.69) is 4.98 Å². The Kier molecular flexibility index (Phi) is 7.32. The molecule has 0 bridgehead atoms. The second-order valence-corrected chi connectivity index (χ2v) is 9.06. The van der Waals surface area contributed by atoms with Gasteiger partial charge in [0.25, 0.3) is 10.0 Å². The van der Waals surface area contributed by atoms with Crippen molar-refractivity contribution in [2.45, 2.75) is 38.1 Å². The first-order valence-corrected chi connectivity index (χ1v) is 11.8. The van der Waals surface area contributed by atoms with Crippen molar-refractivity contribution in [1.29, 1.82) is 0 Å². The van der Waals surface area contributed by atoms with Gasteiger partial charge in [0.1, 0.15) is 24.7 Å². The highest BCUT2D eigenvalue weighted by molar-refractivity contribution is 7.92. The van der Waals surface area contributed by atoms with Gasteiger partial charge >= 0.3 is 11.9 Å². The van der Waals surface area contributed by atoms with Crippen LogP contribution in [0, 0.1) is 5.82 Å². The Morgan fingerprint density at radius 2 is 1.85 bits per heavy atom. The van der Waals surface area contributed by atoms with E-state index in [0.29, 0.717) is 23.3 Å². The maximum atomic E-state index is 13.3. The van der Waals surface area contributed by atoms with Crippen LogP contribution in [0.2, 0.25) is 0 Å². The molecule has 0 spiro atoms. The van der Waals surface area contributed by atoms with Crippen LogP contribution in [0.1, 0.15) is 26.1 Å². The van der Waals surface area contributed by atoms with E-state index in [1.54, 1.807) is 17.6 Å². The number of hydrogen-bond acceptors (Lipinski definition) is 6. The fourth-order valence-electron chi connectivity index (χ4n) is 3.42. The van der Waals surface area contributed by atoms with E-state index >= 15 is 0 Å². The Bertz CT molecular complexity index is 1270. The molecule has 0 unspecified atom stereocenters. The van der Waals surface area contributed by atoms with Crippen LogP contribution < -0.4 is 4.31 Å². The largest absolute Gasteiger partial charge is 0.480 e. The van der Waals surface area contributed by atoms with Gasteiger partial charge in [0, 0.05) is 6.42 Å². The molecule has 3 aromatic rings. The first-order chi connectivity index (χ1) is 15.7. The van der Waals surface area contributed by atoms with Crippen LogP contribution in [-0.4, -0.2) is 48.2 Å². The molecule has 1 N–H and O–H groups in total. The number of esters is 1.